The number of halogens is 3. The summed E-state index contributed by atoms with van der Waals surface area (Å²) in [6.45, 7) is 0.638. The fourth-order valence-corrected chi connectivity index (χ4v) is 2.16. The van der Waals surface area contributed by atoms with Gasteiger partial charge in [-0.2, -0.15) is 0 Å². The van der Waals surface area contributed by atoms with Crippen LogP contribution in [0.5, 0.6) is 0 Å². The Morgan fingerprint density at radius 2 is 1.94 bits per heavy atom. The van der Waals surface area contributed by atoms with Crippen LogP contribution >= 0.6 is 31.9 Å². The SMILES string of the molecule is O=C(NCCCCCCBr)c1ccc(Br)c(F)c1. The lowest BCUT2D eigenvalue weighted by molar-refractivity contribution is 0.0952. The maximum Gasteiger partial charge on any atom is 0.251 e. The highest BCUT2D eigenvalue weighted by atomic mass is 79.9. The normalized spacial score (nSPS) is 10.4. The quantitative estimate of drug-likeness (QED) is 0.555. The molecular formula is C13H16Br2FNO. The maximum atomic E-state index is 13.2. The second-order valence-electron chi connectivity index (χ2n) is 3.99. The molecule has 100 valence electrons. The first-order valence-corrected chi connectivity index (χ1v) is 7.86. The summed E-state index contributed by atoms with van der Waals surface area (Å²) in [7, 11) is 0. The van der Waals surface area contributed by atoms with Crippen LogP contribution in [0.3, 0.4) is 0 Å². The van der Waals surface area contributed by atoms with Crippen LogP contribution in [0.25, 0.3) is 0 Å². The number of nitrogens with one attached hydrogen (secondary N) is 1. The summed E-state index contributed by atoms with van der Waals surface area (Å²) in [6, 6.07) is 4.39. The molecule has 0 heterocycles. The van der Waals surface area contributed by atoms with Crippen LogP contribution in [0.4, 0.5) is 4.39 Å². The van der Waals surface area contributed by atoms with Crippen LogP contribution in [0.2, 0.25) is 0 Å². The maximum absolute atomic E-state index is 13.2. The van der Waals surface area contributed by atoms with E-state index in [1.165, 1.54) is 6.07 Å². The highest BCUT2D eigenvalue weighted by Crippen LogP contribution is 2.16. The first-order chi connectivity index (χ1) is 8.65. The van der Waals surface area contributed by atoms with E-state index in [0.717, 1.165) is 31.0 Å². The zero-order valence-corrected chi connectivity index (χ0v) is 13.2. The van der Waals surface area contributed by atoms with E-state index in [1.54, 1.807) is 12.1 Å². The van der Waals surface area contributed by atoms with Gasteiger partial charge in [0, 0.05) is 17.4 Å². The van der Waals surface area contributed by atoms with Gasteiger partial charge in [-0.1, -0.05) is 28.8 Å². The Morgan fingerprint density at radius 3 is 2.61 bits per heavy atom. The lowest BCUT2D eigenvalue weighted by Crippen LogP contribution is -2.24. The molecule has 0 spiro atoms. The number of alkyl halides is 1. The zero-order chi connectivity index (χ0) is 13.4. The molecule has 0 unspecified atom stereocenters. The van der Waals surface area contributed by atoms with Gasteiger partial charge in [0.15, 0.2) is 0 Å². The van der Waals surface area contributed by atoms with Gasteiger partial charge in [-0.25, -0.2) is 4.39 Å². The van der Waals surface area contributed by atoms with Crippen molar-refractivity contribution in [1.82, 2.24) is 5.32 Å². The van der Waals surface area contributed by atoms with Crippen molar-refractivity contribution in [2.24, 2.45) is 0 Å². The van der Waals surface area contributed by atoms with Crippen LogP contribution in [-0.4, -0.2) is 17.8 Å². The van der Waals surface area contributed by atoms with E-state index in [2.05, 4.69) is 37.2 Å². The second kappa shape index (κ2) is 8.64. The molecule has 1 aromatic rings. The third kappa shape index (κ3) is 5.48. The molecule has 0 fully saturated rings. The van der Waals surface area contributed by atoms with E-state index < -0.39 is 5.82 Å². The van der Waals surface area contributed by atoms with Crippen LogP contribution < -0.4 is 5.32 Å². The highest BCUT2D eigenvalue weighted by molar-refractivity contribution is 9.10. The summed E-state index contributed by atoms with van der Waals surface area (Å²) in [5.74, 6) is -0.637. The Labute approximate surface area is 124 Å². The standard InChI is InChI=1S/C13H16Br2FNO/c14-7-3-1-2-4-8-17-13(18)10-5-6-11(15)12(16)9-10/h5-6,9H,1-4,7-8H2,(H,17,18). The van der Waals surface area contributed by atoms with Gasteiger partial charge in [-0.3, -0.25) is 4.79 Å². The van der Waals surface area contributed by atoms with Gasteiger partial charge >= 0.3 is 0 Å². The summed E-state index contributed by atoms with van der Waals surface area (Å²) < 4.78 is 13.6. The molecule has 0 aromatic heterocycles. The molecular weight excluding hydrogens is 365 g/mol. The molecule has 0 aliphatic heterocycles. The average molecular weight is 381 g/mol. The second-order valence-corrected chi connectivity index (χ2v) is 5.64. The summed E-state index contributed by atoms with van der Waals surface area (Å²) in [5, 5.41) is 3.82. The summed E-state index contributed by atoms with van der Waals surface area (Å²) >= 11 is 6.43. The Kier molecular flexibility index (Phi) is 7.51. The van der Waals surface area contributed by atoms with E-state index >= 15 is 0 Å². The van der Waals surface area contributed by atoms with Gasteiger partial charge in [0.05, 0.1) is 4.47 Å². The zero-order valence-electron chi connectivity index (χ0n) is 10.0. The number of amides is 1. The van der Waals surface area contributed by atoms with Crippen molar-refractivity contribution in [2.45, 2.75) is 25.7 Å². The molecule has 1 amide bonds. The molecule has 5 heteroatoms. The third-order valence-corrected chi connectivity index (χ3v) is 3.73. The Bertz CT molecular complexity index is 399. The molecule has 18 heavy (non-hydrogen) atoms. The first kappa shape index (κ1) is 15.6. The predicted octanol–water partition coefficient (Wildman–Crippen LogP) is 4.27. The molecule has 0 atom stereocenters. The van der Waals surface area contributed by atoms with Gasteiger partial charge in [-0.15, -0.1) is 0 Å². The van der Waals surface area contributed by atoms with Crippen molar-refractivity contribution in [2.75, 3.05) is 11.9 Å². The van der Waals surface area contributed by atoms with Crippen molar-refractivity contribution in [3.8, 4) is 0 Å². The molecule has 0 saturated heterocycles. The van der Waals surface area contributed by atoms with Crippen LogP contribution in [0, 0.1) is 5.82 Å². The lowest BCUT2D eigenvalue weighted by atomic mass is 10.2. The van der Waals surface area contributed by atoms with Gasteiger partial charge in [0.1, 0.15) is 5.82 Å². The monoisotopic (exact) mass is 379 g/mol. The molecule has 1 N–H and O–H groups in total. The van der Waals surface area contributed by atoms with Gasteiger partial charge in [0.25, 0.3) is 5.91 Å². The number of carbonyl (C=O) groups is 1. The molecule has 1 aromatic carbocycles. The molecule has 1 rings (SSSR count). The third-order valence-electron chi connectivity index (χ3n) is 2.53. The fraction of sp³-hybridized carbons (Fsp3) is 0.462. The number of benzene rings is 1. The molecule has 0 bridgehead atoms. The van der Waals surface area contributed by atoms with Crippen molar-refractivity contribution < 1.29 is 9.18 Å². The van der Waals surface area contributed by atoms with Crippen molar-refractivity contribution in [3.05, 3.63) is 34.1 Å². The van der Waals surface area contributed by atoms with E-state index in [9.17, 15) is 9.18 Å². The van der Waals surface area contributed by atoms with E-state index in [1.807, 2.05) is 0 Å². The molecule has 2 nitrogen and oxygen atoms in total. The van der Waals surface area contributed by atoms with Crippen LogP contribution in [0.15, 0.2) is 22.7 Å². The van der Waals surface area contributed by atoms with Gasteiger partial charge in [0.2, 0.25) is 0 Å². The number of hydrogen-bond donors (Lipinski definition) is 1. The Morgan fingerprint density at radius 1 is 1.22 bits per heavy atom. The minimum atomic E-state index is -0.417. The largest absolute Gasteiger partial charge is 0.352 e. The summed E-state index contributed by atoms with van der Waals surface area (Å²) in [5.41, 5.74) is 0.358. The highest BCUT2D eigenvalue weighted by Gasteiger charge is 2.07. The van der Waals surface area contributed by atoms with Crippen molar-refractivity contribution >= 4 is 37.8 Å². The molecule has 0 aliphatic carbocycles. The smallest absolute Gasteiger partial charge is 0.251 e. The molecule has 0 saturated carbocycles. The number of rotatable bonds is 7. The summed E-state index contributed by atoms with van der Waals surface area (Å²) in [4.78, 5) is 11.7. The topological polar surface area (TPSA) is 29.1 Å². The fourth-order valence-electron chi connectivity index (χ4n) is 1.51. The minimum absolute atomic E-state index is 0.220. The van der Waals surface area contributed by atoms with Crippen molar-refractivity contribution in [1.29, 1.82) is 0 Å². The molecule has 0 aliphatic rings. The van der Waals surface area contributed by atoms with Crippen molar-refractivity contribution in [3.63, 3.8) is 0 Å². The minimum Gasteiger partial charge on any atom is -0.352 e. The predicted molar refractivity (Wildman–Crippen MR) is 78.7 cm³/mol. The lowest BCUT2D eigenvalue weighted by Gasteiger charge is -2.05. The van der Waals surface area contributed by atoms with E-state index in [-0.39, 0.29) is 5.91 Å². The van der Waals surface area contributed by atoms with E-state index in [4.69, 9.17) is 0 Å². The van der Waals surface area contributed by atoms with Crippen LogP contribution in [-0.2, 0) is 0 Å². The van der Waals surface area contributed by atoms with E-state index in [0.29, 0.717) is 16.6 Å². The number of carbonyl (C=O) groups excluding carboxylic acids is 1. The molecule has 0 radical (unpaired) electrons. The average Bonchev–Trinajstić information content (AvgIpc) is 2.36. The number of hydrogen-bond acceptors (Lipinski definition) is 1. The van der Waals surface area contributed by atoms with Crippen LogP contribution in [0.1, 0.15) is 36.0 Å². The first-order valence-electron chi connectivity index (χ1n) is 5.94. The summed E-state index contributed by atoms with van der Waals surface area (Å²) in [6.07, 6.45) is 4.37. The Balaban J connectivity index is 2.30. The Hall–Kier alpha value is -0.420. The van der Waals surface area contributed by atoms with Gasteiger partial charge < -0.3 is 5.32 Å². The van der Waals surface area contributed by atoms with Gasteiger partial charge in [-0.05, 0) is 47.0 Å². The number of unbranched alkanes of at least 4 members (excludes halogenated alkanes) is 3.